The molecule has 1 atom stereocenters. The van der Waals surface area contributed by atoms with E-state index in [1.807, 2.05) is 17.7 Å². The van der Waals surface area contributed by atoms with Gasteiger partial charge in [0.1, 0.15) is 11.9 Å². The van der Waals surface area contributed by atoms with Gasteiger partial charge in [0.05, 0.1) is 0 Å². The third kappa shape index (κ3) is 3.18. The zero-order valence-corrected chi connectivity index (χ0v) is 11.8. The maximum atomic E-state index is 12.2. The molecule has 1 fully saturated rings. The molecule has 1 aromatic rings. The van der Waals surface area contributed by atoms with E-state index in [0.717, 1.165) is 25.1 Å². The van der Waals surface area contributed by atoms with E-state index in [2.05, 4.69) is 4.98 Å². The van der Waals surface area contributed by atoms with Crippen molar-refractivity contribution in [3.05, 3.63) is 18.2 Å². The maximum Gasteiger partial charge on any atom is 0.326 e. The van der Waals surface area contributed by atoms with E-state index < -0.39 is 12.0 Å². The summed E-state index contributed by atoms with van der Waals surface area (Å²) in [6.07, 6.45) is 7.06. The molecule has 6 heteroatoms. The molecule has 1 N–H and O–H groups in total. The molecule has 1 saturated heterocycles. The molecule has 0 unspecified atom stereocenters. The lowest BCUT2D eigenvalue weighted by atomic mass is 10.0. The van der Waals surface area contributed by atoms with Crippen molar-refractivity contribution in [1.82, 2.24) is 14.5 Å². The van der Waals surface area contributed by atoms with Crippen molar-refractivity contribution in [2.75, 3.05) is 6.54 Å². The molecule has 2 rings (SSSR count). The van der Waals surface area contributed by atoms with E-state index in [9.17, 15) is 14.7 Å². The number of aromatic nitrogens is 2. The third-order valence-electron chi connectivity index (χ3n) is 3.79. The van der Waals surface area contributed by atoms with E-state index in [1.54, 1.807) is 6.20 Å². The number of rotatable bonds is 5. The number of imidazole rings is 1. The minimum absolute atomic E-state index is 0.0761. The second-order valence-electron chi connectivity index (χ2n) is 5.08. The van der Waals surface area contributed by atoms with Gasteiger partial charge in [-0.05, 0) is 19.3 Å². The van der Waals surface area contributed by atoms with Crippen molar-refractivity contribution in [1.29, 1.82) is 0 Å². The SMILES string of the molecule is CCc1nccn1CCC(=O)N1CCCC[C@@H]1C(=O)O. The molecule has 1 amide bonds. The standard InChI is InChI=1S/C14H21N3O3/c1-2-12-15-7-10-16(12)9-6-13(18)17-8-4-3-5-11(17)14(19)20/h7,10-11H,2-6,8-9H2,1H3,(H,19,20)/t11-/m1/s1. The summed E-state index contributed by atoms with van der Waals surface area (Å²) in [6, 6.07) is -0.648. The summed E-state index contributed by atoms with van der Waals surface area (Å²) in [5.74, 6) is -0.0194. The van der Waals surface area contributed by atoms with Crippen LogP contribution in [0, 0.1) is 0 Å². The second-order valence-corrected chi connectivity index (χ2v) is 5.08. The van der Waals surface area contributed by atoms with Crippen molar-refractivity contribution in [3.8, 4) is 0 Å². The van der Waals surface area contributed by atoms with E-state index >= 15 is 0 Å². The summed E-state index contributed by atoms with van der Waals surface area (Å²) in [7, 11) is 0. The lowest BCUT2D eigenvalue weighted by Crippen LogP contribution is -2.48. The first kappa shape index (κ1) is 14.6. The van der Waals surface area contributed by atoms with Crippen molar-refractivity contribution < 1.29 is 14.7 Å². The number of nitrogens with zero attached hydrogens (tertiary/aromatic N) is 3. The van der Waals surface area contributed by atoms with Gasteiger partial charge in [-0.1, -0.05) is 6.92 Å². The van der Waals surface area contributed by atoms with Crippen molar-refractivity contribution >= 4 is 11.9 Å². The average Bonchev–Trinajstić information content (AvgIpc) is 2.92. The van der Waals surface area contributed by atoms with Crippen LogP contribution in [0.5, 0.6) is 0 Å². The highest BCUT2D eigenvalue weighted by molar-refractivity contribution is 5.83. The Kier molecular flexibility index (Phi) is 4.76. The fourth-order valence-electron chi connectivity index (χ4n) is 2.70. The van der Waals surface area contributed by atoms with E-state index in [1.165, 1.54) is 4.90 Å². The summed E-state index contributed by atoms with van der Waals surface area (Å²) < 4.78 is 1.96. The van der Waals surface area contributed by atoms with Crippen molar-refractivity contribution in [2.45, 2.75) is 51.6 Å². The molecule has 0 radical (unpaired) electrons. The Morgan fingerprint density at radius 3 is 2.95 bits per heavy atom. The van der Waals surface area contributed by atoms with Crippen molar-refractivity contribution in [2.24, 2.45) is 0 Å². The van der Waals surface area contributed by atoms with Gasteiger partial charge in [0, 0.05) is 38.3 Å². The predicted molar refractivity (Wildman–Crippen MR) is 73.2 cm³/mol. The van der Waals surface area contributed by atoms with Crippen LogP contribution in [0.15, 0.2) is 12.4 Å². The van der Waals surface area contributed by atoms with Crippen LogP contribution in [0.25, 0.3) is 0 Å². The molecule has 110 valence electrons. The van der Waals surface area contributed by atoms with E-state index in [-0.39, 0.29) is 5.91 Å². The van der Waals surface area contributed by atoms with Crippen LogP contribution in [0.4, 0.5) is 0 Å². The molecule has 6 nitrogen and oxygen atoms in total. The van der Waals surface area contributed by atoms with Crippen LogP contribution in [0.1, 0.15) is 38.4 Å². The number of carboxylic acid groups (broad SMARTS) is 1. The Labute approximate surface area is 118 Å². The molecule has 20 heavy (non-hydrogen) atoms. The van der Waals surface area contributed by atoms with Crippen LogP contribution in [0.3, 0.4) is 0 Å². The fourth-order valence-corrected chi connectivity index (χ4v) is 2.70. The Morgan fingerprint density at radius 2 is 2.25 bits per heavy atom. The van der Waals surface area contributed by atoms with Crippen molar-refractivity contribution in [3.63, 3.8) is 0 Å². The molecular weight excluding hydrogens is 258 g/mol. The summed E-state index contributed by atoms with van der Waals surface area (Å²) in [5, 5.41) is 9.18. The van der Waals surface area contributed by atoms with Gasteiger partial charge in [-0.3, -0.25) is 4.79 Å². The zero-order chi connectivity index (χ0) is 14.5. The highest BCUT2D eigenvalue weighted by Gasteiger charge is 2.31. The number of carboxylic acids is 1. The summed E-state index contributed by atoms with van der Waals surface area (Å²) in [5.41, 5.74) is 0. The monoisotopic (exact) mass is 279 g/mol. The van der Waals surface area contributed by atoms with Crippen LogP contribution in [-0.4, -0.2) is 44.0 Å². The Balaban J connectivity index is 1.95. The maximum absolute atomic E-state index is 12.2. The van der Waals surface area contributed by atoms with Crippen LogP contribution in [-0.2, 0) is 22.6 Å². The number of hydrogen-bond donors (Lipinski definition) is 1. The smallest absolute Gasteiger partial charge is 0.326 e. The molecule has 0 aliphatic carbocycles. The number of carbonyl (C=O) groups excluding carboxylic acids is 1. The van der Waals surface area contributed by atoms with Crippen LogP contribution < -0.4 is 0 Å². The number of aliphatic carboxylic acids is 1. The molecule has 1 aliphatic rings. The molecular formula is C14H21N3O3. The topological polar surface area (TPSA) is 75.4 Å². The lowest BCUT2D eigenvalue weighted by molar-refractivity contribution is -0.152. The predicted octanol–water partition coefficient (Wildman–Crippen LogP) is 1.30. The van der Waals surface area contributed by atoms with Gasteiger partial charge in [-0.2, -0.15) is 0 Å². The normalized spacial score (nSPS) is 19.1. The molecule has 0 saturated carbocycles. The van der Waals surface area contributed by atoms with Gasteiger partial charge < -0.3 is 14.6 Å². The third-order valence-corrected chi connectivity index (χ3v) is 3.79. The van der Waals surface area contributed by atoms with Gasteiger partial charge in [0.15, 0.2) is 0 Å². The highest BCUT2D eigenvalue weighted by Crippen LogP contribution is 2.18. The lowest BCUT2D eigenvalue weighted by Gasteiger charge is -2.33. The largest absolute Gasteiger partial charge is 0.480 e. The van der Waals surface area contributed by atoms with Gasteiger partial charge in [0.2, 0.25) is 5.91 Å². The first-order chi connectivity index (χ1) is 9.63. The van der Waals surface area contributed by atoms with Crippen LogP contribution in [0.2, 0.25) is 0 Å². The van der Waals surface area contributed by atoms with Gasteiger partial charge in [-0.25, -0.2) is 9.78 Å². The molecule has 2 heterocycles. The summed E-state index contributed by atoms with van der Waals surface area (Å²) >= 11 is 0. The number of carbonyl (C=O) groups is 2. The first-order valence-corrected chi connectivity index (χ1v) is 7.15. The minimum atomic E-state index is -0.894. The molecule has 1 aliphatic heterocycles. The van der Waals surface area contributed by atoms with E-state index in [0.29, 0.717) is 25.9 Å². The minimum Gasteiger partial charge on any atom is -0.480 e. The molecule has 0 spiro atoms. The Morgan fingerprint density at radius 1 is 1.45 bits per heavy atom. The fraction of sp³-hybridized carbons (Fsp3) is 0.643. The molecule has 0 bridgehead atoms. The number of aryl methyl sites for hydroxylation is 2. The summed E-state index contributed by atoms with van der Waals surface area (Å²) in [6.45, 7) is 3.14. The quantitative estimate of drug-likeness (QED) is 0.881. The van der Waals surface area contributed by atoms with Gasteiger partial charge in [0.25, 0.3) is 0 Å². The zero-order valence-electron chi connectivity index (χ0n) is 11.8. The Hall–Kier alpha value is -1.85. The number of piperidine rings is 1. The van der Waals surface area contributed by atoms with Gasteiger partial charge in [-0.15, -0.1) is 0 Å². The average molecular weight is 279 g/mol. The number of hydrogen-bond acceptors (Lipinski definition) is 3. The molecule has 1 aromatic heterocycles. The highest BCUT2D eigenvalue weighted by atomic mass is 16.4. The molecule has 0 aromatic carbocycles. The number of likely N-dealkylation sites (tertiary alicyclic amines) is 1. The second kappa shape index (κ2) is 6.54. The first-order valence-electron chi connectivity index (χ1n) is 7.15. The Bertz CT molecular complexity index is 484. The van der Waals surface area contributed by atoms with Gasteiger partial charge >= 0.3 is 5.97 Å². The number of amides is 1. The summed E-state index contributed by atoms with van der Waals surface area (Å²) in [4.78, 5) is 29.2. The van der Waals surface area contributed by atoms with E-state index in [4.69, 9.17) is 0 Å². The van der Waals surface area contributed by atoms with Crippen LogP contribution >= 0.6 is 0 Å².